The minimum absolute atomic E-state index is 0.283. The predicted octanol–water partition coefficient (Wildman–Crippen LogP) is 3.10. The molecule has 0 N–H and O–H groups in total. The molecule has 0 saturated heterocycles. The van der Waals surface area contributed by atoms with Crippen LogP contribution >= 0.6 is 0 Å². The van der Waals surface area contributed by atoms with E-state index in [0.29, 0.717) is 16.3 Å². The molecule has 0 radical (unpaired) electrons. The van der Waals surface area contributed by atoms with Gasteiger partial charge in [0.1, 0.15) is 5.82 Å². The summed E-state index contributed by atoms with van der Waals surface area (Å²) >= 11 is 0. The van der Waals surface area contributed by atoms with Crippen molar-refractivity contribution in [3.63, 3.8) is 0 Å². The van der Waals surface area contributed by atoms with Crippen molar-refractivity contribution in [3.8, 4) is 0 Å². The van der Waals surface area contributed by atoms with Gasteiger partial charge in [-0.3, -0.25) is 4.79 Å². The van der Waals surface area contributed by atoms with Gasteiger partial charge in [0.05, 0.1) is 0 Å². The molecule has 2 aromatic rings. The van der Waals surface area contributed by atoms with Gasteiger partial charge < -0.3 is 0 Å². The summed E-state index contributed by atoms with van der Waals surface area (Å²) in [6.45, 7) is 1.87. The van der Waals surface area contributed by atoms with E-state index >= 15 is 0 Å². The standard InChI is InChI=1S/C12H9FO/c1-8-3-2-4-10-11(13)6-5-9(7-14)12(8)10/h2-7H,1H3. The van der Waals surface area contributed by atoms with Crippen LogP contribution in [0.2, 0.25) is 0 Å². The third-order valence-corrected chi connectivity index (χ3v) is 2.35. The van der Waals surface area contributed by atoms with Crippen LogP contribution < -0.4 is 0 Å². The molecular formula is C12H9FO. The molecule has 0 fully saturated rings. The first-order valence-electron chi connectivity index (χ1n) is 4.37. The molecular weight excluding hydrogens is 179 g/mol. The van der Waals surface area contributed by atoms with Gasteiger partial charge in [0.2, 0.25) is 0 Å². The fourth-order valence-corrected chi connectivity index (χ4v) is 1.68. The zero-order valence-corrected chi connectivity index (χ0v) is 7.75. The number of rotatable bonds is 1. The quantitative estimate of drug-likeness (QED) is 0.628. The van der Waals surface area contributed by atoms with E-state index in [2.05, 4.69) is 0 Å². The van der Waals surface area contributed by atoms with Gasteiger partial charge in [-0.1, -0.05) is 18.2 Å². The predicted molar refractivity (Wildman–Crippen MR) is 54.0 cm³/mol. The van der Waals surface area contributed by atoms with Crippen LogP contribution in [0.3, 0.4) is 0 Å². The third-order valence-electron chi connectivity index (χ3n) is 2.35. The molecule has 2 aromatic carbocycles. The average Bonchev–Trinajstić information content (AvgIpc) is 2.20. The number of halogens is 1. The summed E-state index contributed by atoms with van der Waals surface area (Å²) in [4.78, 5) is 10.8. The van der Waals surface area contributed by atoms with Gasteiger partial charge >= 0.3 is 0 Å². The third kappa shape index (κ3) is 1.20. The number of carbonyl (C=O) groups is 1. The lowest BCUT2D eigenvalue weighted by Gasteiger charge is -2.05. The van der Waals surface area contributed by atoms with Gasteiger partial charge in [0.25, 0.3) is 0 Å². The minimum Gasteiger partial charge on any atom is -0.298 e. The molecule has 0 aliphatic carbocycles. The molecule has 0 heterocycles. The van der Waals surface area contributed by atoms with E-state index in [4.69, 9.17) is 0 Å². The molecule has 0 amide bonds. The van der Waals surface area contributed by atoms with Gasteiger partial charge in [0, 0.05) is 10.9 Å². The molecule has 0 bridgehead atoms. The van der Waals surface area contributed by atoms with Crippen molar-refractivity contribution in [2.24, 2.45) is 0 Å². The summed E-state index contributed by atoms with van der Waals surface area (Å²) in [7, 11) is 0. The van der Waals surface area contributed by atoms with Crippen molar-refractivity contribution >= 4 is 17.1 Å². The Morgan fingerprint density at radius 3 is 2.71 bits per heavy atom. The summed E-state index contributed by atoms with van der Waals surface area (Å²) in [6, 6.07) is 8.18. The Kier molecular flexibility index (Phi) is 2.04. The van der Waals surface area contributed by atoms with Crippen LogP contribution in [-0.2, 0) is 0 Å². The Bertz CT molecular complexity index is 503. The topological polar surface area (TPSA) is 17.1 Å². The molecule has 0 aliphatic heterocycles. The molecule has 70 valence electrons. The number of benzene rings is 2. The number of fused-ring (bicyclic) bond motifs is 1. The molecule has 0 unspecified atom stereocenters. The molecule has 2 heteroatoms. The molecule has 0 aliphatic rings. The van der Waals surface area contributed by atoms with Gasteiger partial charge in [0.15, 0.2) is 6.29 Å². The van der Waals surface area contributed by atoms with E-state index in [9.17, 15) is 9.18 Å². The van der Waals surface area contributed by atoms with Crippen molar-refractivity contribution in [3.05, 3.63) is 47.3 Å². The number of aldehydes is 1. The van der Waals surface area contributed by atoms with Gasteiger partial charge in [-0.15, -0.1) is 0 Å². The normalized spacial score (nSPS) is 10.4. The number of hydrogen-bond donors (Lipinski definition) is 0. The van der Waals surface area contributed by atoms with E-state index in [1.165, 1.54) is 12.1 Å². The highest BCUT2D eigenvalue weighted by atomic mass is 19.1. The van der Waals surface area contributed by atoms with Crippen LogP contribution in [0.25, 0.3) is 10.8 Å². The van der Waals surface area contributed by atoms with E-state index in [0.717, 1.165) is 11.8 Å². The zero-order chi connectivity index (χ0) is 10.1. The number of hydrogen-bond acceptors (Lipinski definition) is 1. The van der Waals surface area contributed by atoms with Crippen LogP contribution in [0.5, 0.6) is 0 Å². The Morgan fingerprint density at radius 2 is 2.00 bits per heavy atom. The first-order chi connectivity index (χ1) is 6.74. The smallest absolute Gasteiger partial charge is 0.150 e. The number of aryl methyl sites for hydroxylation is 1. The van der Waals surface area contributed by atoms with E-state index < -0.39 is 0 Å². The van der Waals surface area contributed by atoms with Gasteiger partial charge in [-0.05, 0) is 30.0 Å². The monoisotopic (exact) mass is 188 g/mol. The summed E-state index contributed by atoms with van der Waals surface area (Å²) < 4.78 is 13.4. The maximum absolute atomic E-state index is 13.4. The zero-order valence-electron chi connectivity index (χ0n) is 7.75. The Labute approximate surface area is 81.2 Å². The second kappa shape index (κ2) is 3.22. The van der Waals surface area contributed by atoms with Crippen molar-refractivity contribution < 1.29 is 9.18 Å². The highest BCUT2D eigenvalue weighted by molar-refractivity contribution is 6.00. The van der Waals surface area contributed by atoms with Crippen LogP contribution in [-0.4, -0.2) is 6.29 Å². The van der Waals surface area contributed by atoms with Crippen LogP contribution in [0.15, 0.2) is 30.3 Å². The first kappa shape index (κ1) is 8.88. The van der Waals surface area contributed by atoms with E-state index in [1.54, 1.807) is 12.1 Å². The van der Waals surface area contributed by atoms with E-state index in [-0.39, 0.29) is 5.82 Å². The second-order valence-electron chi connectivity index (χ2n) is 3.25. The lowest BCUT2D eigenvalue weighted by Crippen LogP contribution is -1.89. The van der Waals surface area contributed by atoms with Crippen LogP contribution in [0.4, 0.5) is 4.39 Å². The minimum atomic E-state index is -0.283. The Balaban J connectivity index is 2.99. The lowest BCUT2D eigenvalue weighted by atomic mass is 10.0. The lowest BCUT2D eigenvalue weighted by molar-refractivity contribution is 0.112. The van der Waals surface area contributed by atoms with Crippen LogP contribution in [0, 0.1) is 12.7 Å². The average molecular weight is 188 g/mol. The molecule has 0 spiro atoms. The van der Waals surface area contributed by atoms with Gasteiger partial charge in [-0.25, -0.2) is 4.39 Å². The summed E-state index contributed by atoms with van der Waals surface area (Å²) in [5.74, 6) is -0.283. The molecule has 14 heavy (non-hydrogen) atoms. The van der Waals surface area contributed by atoms with Crippen molar-refractivity contribution in [1.29, 1.82) is 0 Å². The van der Waals surface area contributed by atoms with Crippen molar-refractivity contribution in [2.45, 2.75) is 6.92 Å². The van der Waals surface area contributed by atoms with Crippen LogP contribution in [0.1, 0.15) is 15.9 Å². The summed E-state index contributed by atoms with van der Waals surface area (Å²) in [6.07, 6.45) is 0.759. The maximum Gasteiger partial charge on any atom is 0.150 e. The van der Waals surface area contributed by atoms with Crippen molar-refractivity contribution in [1.82, 2.24) is 0 Å². The Hall–Kier alpha value is -1.70. The second-order valence-corrected chi connectivity index (χ2v) is 3.25. The van der Waals surface area contributed by atoms with E-state index in [1.807, 2.05) is 13.0 Å². The fourth-order valence-electron chi connectivity index (χ4n) is 1.68. The molecule has 0 saturated carbocycles. The summed E-state index contributed by atoms with van der Waals surface area (Å²) in [5.41, 5.74) is 1.46. The van der Waals surface area contributed by atoms with Gasteiger partial charge in [-0.2, -0.15) is 0 Å². The largest absolute Gasteiger partial charge is 0.298 e. The highest BCUT2D eigenvalue weighted by Crippen LogP contribution is 2.23. The number of carbonyl (C=O) groups excluding carboxylic acids is 1. The van der Waals surface area contributed by atoms with Crippen molar-refractivity contribution in [2.75, 3.05) is 0 Å². The molecule has 0 aromatic heterocycles. The molecule has 2 rings (SSSR count). The first-order valence-corrected chi connectivity index (χ1v) is 4.37. The summed E-state index contributed by atoms with van der Waals surface area (Å²) in [5, 5.41) is 1.22. The fraction of sp³-hybridized carbons (Fsp3) is 0.0833. The molecule has 0 atom stereocenters. The maximum atomic E-state index is 13.4. The molecule has 1 nitrogen and oxygen atoms in total. The Morgan fingerprint density at radius 1 is 1.21 bits per heavy atom. The SMILES string of the molecule is Cc1cccc2c(F)ccc(C=O)c12. The highest BCUT2D eigenvalue weighted by Gasteiger charge is 2.06.